The molecule has 1 atom stereocenters. The van der Waals surface area contributed by atoms with Crippen LogP contribution < -0.4 is 5.73 Å². The lowest BCUT2D eigenvalue weighted by Crippen LogP contribution is -2.38. The molecule has 4 nitrogen and oxygen atoms in total. The van der Waals surface area contributed by atoms with Gasteiger partial charge in [0.05, 0.1) is 11.7 Å². The molecular weight excluding hydrogens is 272 g/mol. The number of phenols is 1. The van der Waals surface area contributed by atoms with Crippen LogP contribution in [0.3, 0.4) is 0 Å². The van der Waals surface area contributed by atoms with Crippen molar-refractivity contribution in [3.8, 4) is 5.75 Å². The van der Waals surface area contributed by atoms with E-state index in [1.165, 1.54) is 16.5 Å². The molecule has 0 radical (unpaired) electrons. The number of nitrogens with zero attached hydrogens (tertiary/aromatic N) is 1. The number of thiophene rings is 1. The van der Waals surface area contributed by atoms with E-state index in [1.54, 1.807) is 23.5 Å². The van der Waals surface area contributed by atoms with Crippen LogP contribution in [-0.4, -0.2) is 22.5 Å². The lowest BCUT2D eigenvalue weighted by Gasteiger charge is -2.33. The van der Waals surface area contributed by atoms with Crippen molar-refractivity contribution < 1.29 is 9.90 Å². The standard InChI is InChI=1S/C15H16N2O2S/c1-9-11-5-7-20-14(11)4-6-17(9)15(19)10-2-3-12(16)13(18)8-10/h2-3,5,7-9,18H,4,6,16H2,1H3. The van der Waals surface area contributed by atoms with E-state index < -0.39 is 0 Å². The molecule has 2 aromatic rings. The number of hydrogen-bond donors (Lipinski definition) is 2. The number of carbonyl (C=O) groups is 1. The van der Waals surface area contributed by atoms with Gasteiger partial charge in [-0.2, -0.15) is 0 Å². The third-order valence-electron chi connectivity index (χ3n) is 3.82. The SMILES string of the molecule is CC1c2ccsc2CCN1C(=O)c1ccc(N)c(O)c1. The van der Waals surface area contributed by atoms with Crippen molar-refractivity contribution >= 4 is 22.9 Å². The highest BCUT2D eigenvalue weighted by atomic mass is 32.1. The van der Waals surface area contributed by atoms with Gasteiger partial charge in [0.25, 0.3) is 5.91 Å². The largest absolute Gasteiger partial charge is 0.506 e. The van der Waals surface area contributed by atoms with Crippen molar-refractivity contribution in [2.45, 2.75) is 19.4 Å². The number of fused-ring (bicyclic) bond motifs is 1. The molecule has 1 amide bonds. The van der Waals surface area contributed by atoms with Crippen LogP contribution in [-0.2, 0) is 6.42 Å². The highest BCUT2D eigenvalue weighted by molar-refractivity contribution is 7.10. The number of amides is 1. The van der Waals surface area contributed by atoms with Gasteiger partial charge >= 0.3 is 0 Å². The molecule has 5 heteroatoms. The maximum Gasteiger partial charge on any atom is 0.254 e. The Hall–Kier alpha value is -2.01. The molecule has 0 fully saturated rings. The Labute approximate surface area is 121 Å². The summed E-state index contributed by atoms with van der Waals surface area (Å²) in [7, 11) is 0. The van der Waals surface area contributed by atoms with E-state index in [-0.39, 0.29) is 23.4 Å². The molecule has 104 valence electrons. The Morgan fingerprint density at radius 2 is 2.25 bits per heavy atom. The zero-order chi connectivity index (χ0) is 14.3. The summed E-state index contributed by atoms with van der Waals surface area (Å²) in [6.07, 6.45) is 0.893. The number of aromatic hydroxyl groups is 1. The summed E-state index contributed by atoms with van der Waals surface area (Å²) in [6, 6.07) is 6.82. The second kappa shape index (κ2) is 4.83. The minimum atomic E-state index is -0.0651. The van der Waals surface area contributed by atoms with Crippen molar-refractivity contribution in [2.75, 3.05) is 12.3 Å². The summed E-state index contributed by atoms with van der Waals surface area (Å²) >= 11 is 1.75. The lowest BCUT2D eigenvalue weighted by atomic mass is 10.00. The van der Waals surface area contributed by atoms with E-state index in [1.807, 2.05) is 11.8 Å². The van der Waals surface area contributed by atoms with Gasteiger partial charge in [0, 0.05) is 17.0 Å². The van der Waals surface area contributed by atoms with E-state index in [2.05, 4.69) is 11.4 Å². The van der Waals surface area contributed by atoms with E-state index in [0.29, 0.717) is 12.1 Å². The average Bonchev–Trinajstić information content (AvgIpc) is 2.91. The minimum absolute atomic E-state index is 0.0447. The summed E-state index contributed by atoms with van der Waals surface area (Å²) in [6.45, 7) is 2.75. The number of hydrogen-bond acceptors (Lipinski definition) is 4. The van der Waals surface area contributed by atoms with Crippen LogP contribution in [0.5, 0.6) is 5.75 Å². The molecule has 2 heterocycles. The van der Waals surface area contributed by atoms with Crippen LogP contribution in [0.4, 0.5) is 5.69 Å². The van der Waals surface area contributed by atoms with Crippen LogP contribution >= 0.6 is 11.3 Å². The number of anilines is 1. The number of benzene rings is 1. The fourth-order valence-corrected chi connectivity index (χ4v) is 3.59. The van der Waals surface area contributed by atoms with Gasteiger partial charge in [-0.15, -0.1) is 11.3 Å². The molecule has 3 rings (SSSR count). The lowest BCUT2D eigenvalue weighted by molar-refractivity contribution is 0.0679. The third kappa shape index (κ3) is 2.04. The molecule has 0 aliphatic carbocycles. The molecule has 0 bridgehead atoms. The quantitative estimate of drug-likeness (QED) is 0.626. The number of phenolic OH excluding ortho intramolecular Hbond substituents is 1. The fraction of sp³-hybridized carbons (Fsp3) is 0.267. The highest BCUT2D eigenvalue weighted by Gasteiger charge is 2.29. The van der Waals surface area contributed by atoms with Gasteiger partial charge in [-0.3, -0.25) is 4.79 Å². The fourth-order valence-electron chi connectivity index (χ4n) is 2.63. The van der Waals surface area contributed by atoms with Crippen LogP contribution in [0.15, 0.2) is 29.6 Å². The zero-order valence-corrected chi connectivity index (χ0v) is 12.0. The number of nitrogen functional groups attached to an aromatic ring is 1. The Morgan fingerprint density at radius 3 is 3.00 bits per heavy atom. The molecule has 0 spiro atoms. The maximum atomic E-state index is 12.6. The second-order valence-corrected chi connectivity index (χ2v) is 6.00. The zero-order valence-electron chi connectivity index (χ0n) is 11.2. The first kappa shape index (κ1) is 13.0. The van der Waals surface area contributed by atoms with E-state index in [0.717, 1.165) is 6.42 Å². The van der Waals surface area contributed by atoms with Gasteiger partial charge in [-0.05, 0) is 48.6 Å². The topological polar surface area (TPSA) is 66.6 Å². The van der Waals surface area contributed by atoms with Crippen LogP contribution in [0, 0.1) is 0 Å². The number of rotatable bonds is 1. The molecular formula is C15H16N2O2S. The monoisotopic (exact) mass is 288 g/mol. The van der Waals surface area contributed by atoms with Gasteiger partial charge in [0.2, 0.25) is 0 Å². The van der Waals surface area contributed by atoms with Crippen molar-refractivity contribution in [1.29, 1.82) is 0 Å². The van der Waals surface area contributed by atoms with Crippen molar-refractivity contribution in [3.05, 3.63) is 45.6 Å². The Morgan fingerprint density at radius 1 is 1.45 bits per heavy atom. The van der Waals surface area contributed by atoms with Crippen molar-refractivity contribution in [3.63, 3.8) is 0 Å². The normalized spacial score (nSPS) is 17.9. The highest BCUT2D eigenvalue weighted by Crippen LogP contribution is 2.34. The molecule has 20 heavy (non-hydrogen) atoms. The maximum absolute atomic E-state index is 12.6. The molecule has 1 aromatic heterocycles. The third-order valence-corrected chi connectivity index (χ3v) is 4.81. The molecule has 0 saturated heterocycles. The van der Waals surface area contributed by atoms with E-state index in [4.69, 9.17) is 5.73 Å². The Balaban J connectivity index is 1.90. The van der Waals surface area contributed by atoms with Gasteiger partial charge < -0.3 is 15.7 Å². The molecule has 1 unspecified atom stereocenters. The van der Waals surface area contributed by atoms with Crippen molar-refractivity contribution in [2.24, 2.45) is 0 Å². The first-order valence-electron chi connectivity index (χ1n) is 6.53. The smallest absolute Gasteiger partial charge is 0.254 e. The summed E-state index contributed by atoms with van der Waals surface area (Å²) in [5.74, 6) is -0.110. The van der Waals surface area contributed by atoms with Crippen molar-refractivity contribution in [1.82, 2.24) is 4.90 Å². The summed E-state index contributed by atoms with van der Waals surface area (Å²) in [5.41, 5.74) is 7.56. The molecule has 1 aliphatic rings. The first-order valence-corrected chi connectivity index (χ1v) is 7.41. The van der Waals surface area contributed by atoms with Gasteiger partial charge in [0.15, 0.2) is 0 Å². The summed E-state index contributed by atoms with van der Waals surface area (Å²) in [4.78, 5) is 15.8. The summed E-state index contributed by atoms with van der Waals surface area (Å²) < 4.78 is 0. The van der Waals surface area contributed by atoms with Gasteiger partial charge in [0.1, 0.15) is 5.75 Å². The van der Waals surface area contributed by atoms with Gasteiger partial charge in [-0.1, -0.05) is 0 Å². The van der Waals surface area contributed by atoms with E-state index >= 15 is 0 Å². The van der Waals surface area contributed by atoms with Crippen LogP contribution in [0.25, 0.3) is 0 Å². The van der Waals surface area contributed by atoms with Crippen LogP contribution in [0.2, 0.25) is 0 Å². The Bertz CT molecular complexity index is 666. The average molecular weight is 288 g/mol. The number of nitrogens with two attached hydrogens (primary N) is 1. The predicted octanol–water partition coefficient (Wildman–Crippen LogP) is 2.80. The summed E-state index contributed by atoms with van der Waals surface area (Å²) in [5, 5.41) is 11.7. The second-order valence-electron chi connectivity index (χ2n) is 5.00. The number of carbonyl (C=O) groups excluding carboxylic acids is 1. The van der Waals surface area contributed by atoms with Gasteiger partial charge in [-0.25, -0.2) is 0 Å². The Kier molecular flexibility index (Phi) is 3.14. The van der Waals surface area contributed by atoms with Crippen LogP contribution in [0.1, 0.15) is 33.8 Å². The molecule has 3 N–H and O–H groups in total. The minimum Gasteiger partial charge on any atom is -0.506 e. The predicted molar refractivity (Wildman–Crippen MR) is 80.0 cm³/mol. The molecule has 1 aromatic carbocycles. The first-order chi connectivity index (χ1) is 9.58. The molecule has 0 saturated carbocycles. The van der Waals surface area contributed by atoms with E-state index in [9.17, 15) is 9.90 Å². The molecule has 1 aliphatic heterocycles.